The molecule has 0 bridgehead atoms. The molecule has 0 aromatic heterocycles. The van der Waals surface area contributed by atoms with Crippen molar-refractivity contribution in [3.8, 4) is 0 Å². The van der Waals surface area contributed by atoms with Gasteiger partial charge in [0.2, 0.25) is 0 Å². The summed E-state index contributed by atoms with van der Waals surface area (Å²) < 4.78 is 0. The van der Waals surface area contributed by atoms with E-state index >= 15 is 0 Å². The number of benzene rings is 1. The van der Waals surface area contributed by atoms with E-state index in [1.165, 1.54) is 53.5 Å². The number of aliphatic hydroxyl groups excluding tert-OH is 1. The molecule has 0 fully saturated rings. The van der Waals surface area contributed by atoms with Crippen molar-refractivity contribution < 1.29 is 24.9 Å². The fourth-order valence-electron chi connectivity index (χ4n) is 3.85. The molecule has 1 aromatic rings. The Balaban J connectivity index is 0.000000279. The van der Waals surface area contributed by atoms with E-state index in [-0.39, 0.29) is 6.10 Å². The normalized spacial score (nSPS) is 16.0. The van der Waals surface area contributed by atoms with Crippen molar-refractivity contribution in [2.24, 2.45) is 0 Å². The average Bonchev–Trinajstić information content (AvgIpc) is 3.24. The van der Waals surface area contributed by atoms with Crippen molar-refractivity contribution in [2.45, 2.75) is 64.5 Å². The first-order chi connectivity index (χ1) is 12.8. The zero-order valence-corrected chi connectivity index (χ0v) is 16.0. The molecule has 27 heavy (non-hydrogen) atoms. The Kier molecular flexibility index (Phi) is 7.56. The third-order valence-electron chi connectivity index (χ3n) is 4.94. The van der Waals surface area contributed by atoms with Crippen molar-refractivity contribution >= 4 is 11.9 Å². The van der Waals surface area contributed by atoms with Crippen LogP contribution in [0.5, 0.6) is 0 Å². The quantitative estimate of drug-likeness (QED) is 0.569. The molecule has 6 heteroatoms. The Bertz CT molecular complexity index is 676. The van der Waals surface area contributed by atoms with Crippen molar-refractivity contribution in [1.82, 2.24) is 5.32 Å². The highest BCUT2D eigenvalue weighted by molar-refractivity contribution is 5.89. The Morgan fingerprint density at radius 3 is 1.89 bits per heavy atom. The molecule has 0 radical (unpaired) electrons. The molecule has 6 nitrogen and oxygen atoms in total. The molecular formula is C21H29NO5. The number of rotatable bonds is 6. The summed E-state index contributed by atoms with van der Waals surface area (Å²) in [6.07, 6.45) is 8.05. The number of nitrogens with one attached hydrogen (secondary N) is 1. The fraction of sp³-hybridized carbons (Fsp3) is 0.524. The third kappa shape index (κ3) is 5.91. The SMILES string of the molecule is CC(C)NCC(O)c1c2c(cc3c1CCC3)CCC2.O=C(O)/C=C\C(=O)O. The summed E-state index contributed by atoms with van der Waals surface area (Å²) in [6.45, 7) is 4.94. The molecule has 148 valence electrons. The van der Waals surface area contributed by atoms with E-state index in [2.05, 4.69) is 25.2 Å². The number of carboxylic acids is 2. The van der Waals surface area contributed by atoms with E-state index in [1.807, 2.05) is 0 Å². The minimum atomic E-state index is -1.26. The van der Waals surface area contributed by atoms with Gasteiger partial charge in [-0.3, -0.25) is 0 Å². The van der Waals surface area contributed by atoms with Gasteiger partial charge in [-0.1, -0.05) is 19.9 Å². The lowest BCUT2D eigenvalue weighted by Gasteiger charge is -2.21. The summed E-state index contributed by atoms with van der Waals surface area (Å²) in [5, 5.41) is 29.6. The standard InChI is InChI=1S/C17H25NO.C4H4O4/c1-11(2)18-10-16(19)17-14-7-3-5-12(14)9-13-6-4-8-15(13)17;5-3(6)1-2-4(7)8/h9,11,16,18-19H,3-8,10H2,1-2H3;1-2H,(H,5,6)(H,7,8)/b;2-1-. The van der Waals surface area contributed by atoms with Crippen LogP contribution < -0.4 is 5.32 Å². The molecular weight excluding hydrogens is 346 g/mol. The lowest BCUT2D eigenvalue weighted by Crippen LogP contribution is -2.28. The number of carboxylic acid groups (broad SMARTS) is 2. The van der Waals surface area contributed by atoms with Gasteiger partial charge in [0, 0.05) is 24.7 Å². The molecule has 0 heterocycles. The van der Waals surface area contributed by atoms with Gasteiger partial charge in [0.1, 0.15) is 0 Å². The fourth-order valence-corrected chi connectivity index (χ4v) is 3.85. The third-order valence-corrected chi connectivity index (χ3v) is 4.94. The minimum absolute atomic E-state index is 0.331. The average molecular weight is 375 g/mol. The first kappa shape index (κ1) is 21.1. The van der Waals surface area contributed by atoms with Crippen LogP contribution in [0.3, 0.4) is 0 Å². The number of aryl methyl sites for hydroxylation is 2. The van der Waals surface area contributed by atoms with Crippen LogP contribution in [0.1, 0.15) is 60.6 Å². The van der Waals surface area contributed by atoms with Gasteiger partial charge in [0.25, 0.3) is 0 Å². The maximum atomic E-state index is 10.6. The monoisotopic (exact) mass is 375 g/mol. The van der Waals surface area contributed by atoms with Crippen LogP contribution in [-0.2, 0) is 35.3 Å². The highest BCUT2D eigenvalue weighted by atomic mass is 16.4. The number of hydrogen-bond donors (Lipinski definition) is 4. The molecule has 4 N–H and O–H groups in total. The molecule has 0 spiro atoms. The van der Waals surface area contributed by atoms with Gasteiger partial charge < -0.3 is 20.6 Å². The van der Waals surface area contributed by atoms with Crippen LogP contribution in [0.4, 0.5) is 0 Å². The number of fused-ring (bicyclic) bond motifs is 2. The van der Waals surface area contributed by atoms with Crippen LogP contribution in [-0.4, -0.2) is 39.8 Å². The van der Waals surface area contributed by atoms with Gasteiger partial charge in [0.15, 0.2) is 0 Å². The summed E-state index contributed by atoms with van der Waals surface area (Å²) in [5.74, 6) is -2.51. The van der Waals surface area contributed by atoms with Crippen molar-refractivity contribution in [2.75, 3.05) is 6.54 Å². The van der Waals surface area contributed by atoms with Gasteiger partial charge in [-0.05, 0) is 66.3 Å². The molecule has 2 aliphatic rings. The maximum Gasteiger partial charge on any atom is 0.328 e. The lowest BCUT2D eigenvalue weighted by molar-refractivity contribution is -0.134. The highest BCUT2D eigenvalue weighted by Gasteiger charge is 2.27. The van der Waals surface area contributed by atoms with E-state index in [0.29, 0.717) is 24.7 Å². The molecule has 0 saturated carbocycles. The van der Waals surface area contributed by atoms with Gasteiger partial charge in [-0.2, -0.15) is 0 Å². The number of aliphatic hydroxyl groups is 1. The minimum Gasteiger partial charge on any atom is -0.478 e. The number of carbonyl (C=O) groups is 2. The topological polar surface area (TPSA) is 107 Å². The number of hydrogen-bond acceptors (Lipinski definition) is 4. The first-order valence-corrected chi connectivity index (χ1v) is 9.51. The second-order valence-electron chi connectivity index (χ2n) is 7.36. The highest BCUT2D eigenvalue weighted by Crippen LogP contribution is 2.38. The van der Waals surface area contributed by atoms with Crippen molar-refractivity contribution in [3.63, 3.8) is 0 Å². The van der Waals surface area contributed by atoms with Gasteiger partial charge in [-0.15, -0.1) is 0 Å². The largest absolute Gasteiger partial charge is 0.478 e. The molecule has 1 unspecified atom stereocenters. The van der Waals surface area contributed by atoms with Crippen molar-refractivity contribution in [1.29, 1.82) is 0 Å². The summed E-state index contributed by atoms with van der Waals surface area (Å²) in [5.41, 5.74) is 7.26. The van der Waals surface area contributed by atoms with Gasteiger partial charge in [-0.25, -0.2) is 9.59 Å². The van der Waals surface area contributed by atoms with E-state index in [4.69, 9.17) is 10.2 Å². The summed E-state index contributed by atoms with van der Waals surface area (Å²) >= 11 is 0. The van der Waals surface area contributed by atoms with Crippen LogP contribution in [0, 0.1) is 0 Å². The Morgan fingerprint density at radius 2 is 1.48 bits per heavy atom. The van der Waals surface area contributed by atoms with E-state index in [9.17, 15) is 14.7 Å². The van der Waals surface area contributed by atoms with Crippen LogP contribution in [0.15, 0.2) is 18.2 Å². The zero-order valence-electron chi connectivity index (χ0n) is 16.0. The molecule has 0 aliphatic heterocycles. The Labute approximate surface area is 159 Å². The van der Waals surface area contributed by atoms with Crippen LogP contribution in [0.2, 0.25) is 0 Å². The molecule has 1 aromatic carbocycles. The molecule has 1 atom stereocenters. The van der Waals surface area contributed by atoms with Crippen molar-refractivity contribution in [3.05, 3.63) is 46.0 Å². The second kappa shape index (κ2) is 9.67. The van der Waals surface area contributed by atoms with Crippen LogP contribution in [0.25, 0.3) is 0 Å². The summed E-state index contributed by atoms with van der Waals surface area (Å²) in [4.78, 5) is 19.1. The zero-order chi connectivity index (χ0) is 20.0. The molecule has 2 aliphatic carbocycles. The summed E-state index contributed by atoms with van der Waals surface area (Å²) in [6, 6.07) is 2.86. The van der Waals surface area contributed by atoms with Gasteiger partial charge in [0.05, 0.1) is 6.10 Å². The van der Waals surface area contributed by atoms with Crippen LogP contribution >= 0.6 is 0 Å². The van der Waals surface area contributed by atoms with E-state index in [0.717, 1.165) is 12.8 Å². The Hall–Kier alpha value is -2.18. The Morgan fingerprint density at radius 1 is 1.00 bits per heavy atom. The predicted octanol–water partition coefficient (Wildman–Crippen LogP) is 2.41. The first-order valence-electron chi connectivity index (χ1n) is 9.51. The van der Waals surface area contributed by atoms with E-state index < -0.39 is 11.9 Å². The van der Waals surface area contributed by atoms with Gasteiger partial charge >= 0.3 is 11.9 Å². The second-order valence-corrected chi connectivity index (χ2v) is 7.36. The smallest absolute Gasteiger partial charge is 0.328 e. The molecule has 0 amide bonds. The maximum absolute atomic E-state index is 10.6. The number of aliphatic carboxylic acids is 2. The molecule has 0 saturated heterocycles. The van der Waals surface area contributed by atoms with E-state index in [1.54, 1.807) is 0 Å². The lowest BCUT2D eigenvalue weighted by atomic mass is 9.90. The predicted molar refractivity (Wildman–Crippen MR) is 103 cm³/mol. The summed E-state index contributed by atoms with van der Waals surface area (Å²) in [7, 11) is 0. The molecule has 3 rings (SSSR count).